The Morgan fingerprint density at radius 1 is 1.19 bits per heavy atom. The molecule has 1 aliphatic rings. The van der Waals surface area contributed by atoms with Crippen LogP contribution in [0.5, 0.6) is 0 Å². The van der Waals surface area contributed by atoms with Gasteiger partial charge in [-0.1, -0.05) is 0 Å². The zero-order chi connectivity index (χ0) is 21.6. The van der Waals surface area contributed by atoms with E-state index in [2.05, 4.69) is 15.3 Å². The Labute approximate surface area is 173 Å². The maximum atomic E-state index is 13.8. The average molecular weight is 434 g/mol. The highest BCUT2D eigenvalue weighted by molar-refractivity contribution is 6.04. The van der Waals surface area contributed by atoms with E-state index >= 15 is 0 Å². The number of halogens is 4. The third-order valence-electron chi connectivity index (χ3n) is 5.33. The second kappa shape index (κ2) is 7.61. The number of morpholine rings is 1. The molecule has 162 valence electrons. The lowest BCUT2D eigenvalue weighted by molar-refractivity contribution is -0.139. The third-order valence-corrected chi connectivity index (χ3v) is 5.33. The highest BCUT2D eigenvalue weighted by Gasteiger charge is 2.38. The van der Waals surface area contributed by atoms with Crippen molar-refractivity contribution in [2.24, 2.45) is 0 Å². The van der Waals surface area contributed by atoms with E-state index in [1.807, 2.05) is 0 Å². The molecule has 3 aromatic heterocycles. The highest BCUT2D eigenvalue weighted by Crippen LogP contribution is 2.38. The molecule has 1 fully saturated rings. The van der Waals surface area contributed by atoms with Gasteiger partial charge in [0, 0.05) is 31.1 Å². The molecule has 0 aliphatic carbocycles. The van der Waals surface area contributed by atoms with E-state index in [4.69, 9.17) is 9.15 Å². The number of imidazole rings is 1. The highest BCUT2D eigenvalue weighted by atomic mass is 19.4. The summed E-state index contributed by atoms with van der Waals surface area (Å²) < 4.78 is 68.2. The van der Waals surface area contributed by atoms with Crippen LogP contribution >= 0.6 is 0 Å². The fourth-order valence-electron chi connectivity index (χ4n) is 3.95. The minimum atomic E-state index is -4.76. The smallest absolute Gasteiger partial charge is 0.435 e. The number of aryl methyl sites for hydroxylation is 1. The average Bonchev–Trinajstić information content (AvgIpc) is 3.39. The number of fused-ring (bicyclic) bond motifs is 3. The fraction of sp³-hybridized carbons (Fsp3) is 0.333. The molecule has 0 saturated carbocycles. The first-order valence-electron chi connectivity index (χ1n) is 9.84. The number of alkyl halides is 3. The maximum absolute atomic E-state index is 13.8. The Morgan fingerprint density at radius 2 is 2.06 bits per heavy atom. The van der Waals surface area contributed by atoms with Gasteiger partial charge in [0.2, 0.25) is 0 Å². The van der Waals surface area contributed by atoms with Crippen molar-refractivity contribution >= 4 is 21.9 Å². The molecule has 0 spiro atoms. The van der Waals surface area contributed by atoms with Crippen LogP contribution in [0.2, 0.25) is 0 Å². The van der Waals surface area contributed by atoms with Crippen LogP contribution in [0.4, 0.5) is 17.6 Å². The summed E-state index contributed by atoms with van der Waals surface area (Å²) in [4.78, 5) is 8.01. The molecule has 1 N–H and O–H groups in total. The summed E-state index contributed by atoms with van der Waals surface area (Å²) >= 11 is 0. The summed E-state index contributed by atoms with van der Waals surface area (Å²) in [5.41, 5.74) is -1.28. The zero-order valence-corrected chi connectivity index (χ0v) is 16.2. The Bertz CT molecular complexity index is 1230. The van der Waals surface area contributed by atoms with Gasteiger partial charge < -0.3 is 19.0 Å². The standard InChI is InChI=1S/C21H18F4N4O2/c22-12-3-4-14-15(10-12)27-19(21(23,24)25)17-18(14)29(7-5-13-11-26-6-9-30-13)20(28-17)16-2-1-8-31-16/h1-4,8,10,13,26H,5-7,9,11H2. The second-order valence-electron chi connectivity index (χ2n) is 7.37. The van der Waals surface area contributed by atoms with Crippen molar-refractivity contribution < 1.29 is 26.7 Å². The van der Waals surface area contributed by atoms with Crippen LogP contribution in [0, 0.1) is 5.82 Å². The van der Waals surface area contributed by atoms with Crippen LogP contribution in [0.1, 0.15) is 12.1 Å². The number of furan rings is 1. The first-order chi connectivity index (χ1) is 14.9. The number of hydrogen-bond acceptors (Lipinski definition) is 5. The van der Waals surface area contributed by atoms with Gasteiger partial charge in [0.05, 0.1) is 30.0 Å². The summed E-state index contributed by atoms with van der Waals surface area (Å²) in [6.45, 7) is 2.33. The van der Waals surface area contributed by atoms with E-state index in [1.165, 1.54) is 18.4 Å². The van der Waals surface area contributed by atoms with Gasteiger partial charge >= 0.3 is 6.18 Å². The number of aromatic nitrogens is 3. The number of hydrogen-bond donors (Lipinski definition) is 1. The summed E-state index contributed by atoms with van der Waals surface area (Å²) in [6.07, 6.45) is -2.85. The second-order valence-corrected chi connectivity index (χ2v) is 7.37. The molecule has 1 aromatic carbocycles. The molecule has 10 heteroatoms. The Morgan fingerprint density at radius 3 is 2.77 bits per heavy atom. The molecule has 1 atom stereocenters. The van der Waals surface area contributed by atoms with Gasteiger partial charge in [-0.2, -0.15) is 13.2 Å². The maximum Gasteiger partial charge on any atom is 0.435 e. The van der Waals surface area contributed by atoms with Crippen LogP contribution in [-0.4, -0.2) is 40.3 Å². The van der Waals surface area contributed by atoms with E-state index in [9.17, 15) is 17.6 Å². The zero-order valence-electron chi connectivity index (χ0n) is 16.2. The normalized spacial score (nSPS) is 17.6. The van der Waals surface area contributed by atoms with Gasteiger partial charge in [-0.15, -0.1) is 0 Å². The minimum Gasteiger partial charge on any atom is -0.461 e. The molecule has 5 rings (SSSR count). The minimum absolute atomic E-state index is 0.0803. The summed E-state index contributed by atoms with van der Waals surface area (Å²) in [5.74, 6) is -0.0679. The molecule has 31 heavy (non-hydrogen) atoms. The number of ether oxygens (including phenoxy) is 1. The molecule has 4 heterocycles. The first kappa shape index (κ1) is 20.0. The first-order valence-corrected chi connectivity index (χ1v) is 9.84. The van der Waals surface area contributed by atoms with Crippen molar-refractivity contribution in [2.75, 3.05) is 19.7 Å². The Kier molecular flexibility index (Phi) is 4.90. The molecule has 0 amide bonds. The lowest BCUT2D eigenvalue weighted by Crippen LogP contribution is -2.38. The van der Waals surface area contributed by atoms with E-state index in [-0.39, 0.29) is 28.5 Å². The SMILES string of the molecule is Fc1ccc2c(c1)nc(C(F)(F)F)c1nc(-c3ccco3)n(CCC3CNCCO3)c12. The predicted octanol–water partition coefficient (Wildman–Crippen LogP) is 4.38. The summed E-state index contributed by atoms with van der Waals surface area (Å²) in [7, 11) is 0. The van der Waals surface area contributed by atoms with Gasteiger partial charge in [0.1, 0.15) is 11.3 Å². The van der Waals surface area contributed by atoms with Crippen molar-refractivity contribution in [1.29, 1.82) is 0 Å². The molecule has 1 aliphatic heterocycles. The van der Waals surface area contributed by atoms with Crippen molar-refractivity contribution in [3.8, 4) is 11.6 Å². The third kappa shape index (κ3) is 3.66. The van der Waals surface area contributed by atoms with E-state index in [0.29, 0.717) is 37.3 Å². The van der Waals surface area contributed by atoms with Crippen molar-refractivity contribution in [2.45, 2.75) is 25.2 Å². The summed E-state index contributed by atoms with van der Waals surface area (Å²) in [5, 5.41) is 3.63. The van der Waals surface area contributed by atoms with E-state index < -0.39 is 17.7 Å². The molecule has 0 radical (unpaired) electrons. The van der Waals surface area contributed by atoms with Crippen molar-refractivity contribution in [3.05, 3.63) is 48.1 Å². The van der Waals surface area contributed by atoms with Gasteiger partial charge in [-0.25, -0.2) is 14.4 Å². The molecule has 6 nitrogen and oxygen atoms in total. The predicted molar refractivity (Wildman–Crippen MR) is 105 cm³/mol. The fourth-order valence-corrected chi connectivity index (χ4v) is 3.95. The monoisotopic (exact) mass is 434 g/mol. The molecule has 4 aromatic rings. The lowest BCUT2D eigenvalue weighted by atomic mass is 10.1. The van der Waals surface area contributed by atoms with Crippen LogP contribution in [-0.2, 0) is 17.5 Å². The Hall–Kier alpha value is -2.98. The van der Waals surface area contributed by atoms with E-state index in [0.717, 1.165) is 12.6 Å². The quantitative estimate of drug-likeness (QED) is 0.483. The molecular weight excluding hydrogens is 416 g/mol. The van der Waals surface area contributed by atoms with E-state index in [1.54, 1.807) is 16.7 Å². The van der Waals surface area contributed by atoms with Gasteiger partial charge in [0.25, 0.3) is 0 Å². The number of nitrogens with one attached hydrogen (secondary N) is 1. The molecule has 1 saturated heterocycles. The Balaban J connectivity index is 1.75. The molecular formula is C21H18F4N4O2. The number of nitrogens with zero attached hydrogens (tertiary/aromatic N) is 3. The summed E-state index contributed by atoms with van der Waals surface area (Å²) in [6, 6.07) is 6.92. The molecule has 0 bridgehead atoms. The van der Waals surface area contributed by atoms with Gasteiger partial charge in [-0.05, 0) is 30.7 Å². The van der Waals surface area contributed by atoms with Crippen molar-refractivity contribution in [1.82, 2.24) is 19.9 Å². The van der Waals surface area contributed by atoms with Crippen LogP contribution in [0.25, 0.3) is 33.5 Å². The largest absolute Gasteiger partial charge is 0.461 e. The topological polar surface area (TPSA) is 65.1 Å². The van der Waals surface area contributed by atoms with Crippen LogP contribution in [0.15, 0.2) is 41.0 Å². The molecule has 1 unspecified atom stereocenters. The number of pyridine rings is 1. The number of benzene rings is 1. The van der Waals surface area contributed by atoms with Gasteiger partial charge in [-0.3, -0.25) is 0 Å². The van der Waals surface area contributed by atoms with Crippen LogP contribution in [0.3, 0.4) is 0 Å². The van der Waals surface area contributed by atoms with Crippen LogP contribution < -0.4 is 5.32 Å². The van der Waals surface area contributed by atoms with Crippen molar-refractivity contribution in [3.63, 3.8) is 0 Å². The number of rotatable bonds is 4. The lowest BCUT2D eigenvalue weighted by Gasteiger charge is -2.24. The van der Waals surface area contributed by atoms with Gasteiger partial charge in [0.15, 0.2) is 17.3 Å².